The Bertz CT molecular complexity index is 1760. The molecule has 0 fully saturated rings. The van der Waals surface area contributed by atoms with Crippen LogP contribution in [0.5, 0.6) is 0 Å². The summed E-state index contributed by atoms with van der Waals surface area (Å²) in [5.41, 5.74) is 1.22. The molecule has 6 rings (SSSR count). The van der Waals surface area contributed by atoms with Gasteiger partial charge in [0.2, 0.25) is 0 Å². The summed E-state index contributed by atoms with van der Waals surface area (Å²) in [5.74, 6) is -1.78. The van der Waals surface area contributed by atoms with Crippen LogP contribution in [0.1, 0.15) is 12.6 Å². The van der Waals surface area contributed by atoms with E-state index in [-0.39, 0.29) is 73.7 Å². The van der Waals surface area contributed by atoms with Crippen molar-refractivity contribution in [3.63, 3.8) is 0 Å². The molecule has 0 unspecified atom stereocenters. The Kier molecular flexibility index (Phi) is 31.6. The van der Waals surface area contributed by atoms with Gasteiger partial charge in [0, 0.05) is 35.0 Å². The van der Waals surface area contributed by atoms with Gasteiger partial charge in [-0.2, -0.15) is 24.3 Å². The van der Waals surface area contributed by atoms with Crippen LogP contribution in [-0.4, -0.2) is 17.2 Å². The Morgan fingerprint density at radius 1 is 0.455 bits per heavy atom. The first-order valence-electron chi connectivity index (χ1n) is 14.6. The maximum absolute atomic E-state index is 12.7. The number of benzene rings is 6. The zero-order chi connectivity index (χ0) is 40.1. The molecule has 17 heteroatoms. The number of hydrogen-bond donors (Lipinski definition) is 2. The molecule has 280 valence electrons. The second-order valence-electron chi connectivity index (χ2n) is 9.97. The van der Waals surface area contributed by atoms with E-state index in [0.29, 0.717) is 15.6 Å². The maximum Gasteiger partial charge on any atom is 1.00 e. The molecule has 0 amide bonds. The molecule has 0 spiro atoms. The van der Waals surface area contributed by atoms with Gasteiger partial charge in [-0.3, -0.25) is 0 Å². The zero-order valence-corrected chi connectivity index (χ0v) is 39.0. The first-order valence-corrected chi connectivity index (χ1v) is 19.3. The van der Waals surface area contributed by atoms with E-state index < -0.39 is 12.9 Å². The molecule has 0 aliphatic heterocycles. The van der Waals surface area contributed by atoms with Crippen molar-refractivity contribution >= 4 is 108 Å². The molecular weight excluding hydrogens is 1110 g/mol. The van der Waals surface area contributed by atoms with Gasteiger partial charge in [-0.05, 0) is 104 Å². The first-order chi connectivity index (χ1) is 24.9. The van der Waals surface area contributed by atoms with E-state index in [1.807, 2.05) is 0 Å². The van der Waals surface area contributed by atoms with Gasteiger partial charge in [-0.15, -0.1) is 56.1 Å². The predicted molar refractivity (Wildman–Crippen MR) is 223 cm³/mol. The SMILES string of the molecule is Cc1cc(Br)ccc1F.Cc1cc(Br)ccc1F.Fc1[c-]cc(Br)cc1.Fc1[c-]cc(Br)cc1.Fc1ccc(Br)cc1.OB(O)c1cc(Br)ccc1F.[H+].[Li+].[Li+]. The molecule has 0 heterocycles. The molecule has 0 saturated heterocycles. The second kappa shape index (κ2) is 31.0. The maximum atomic E-state index is 12.7. The van der Waals surface area contributed by atoms with Crippen molar-refractivity contribution in [3.05, 3.63) is 200 Å². The van der Waals surface area contributed by atoms with Crippen molar-refractivity contribution in [1.29, 1.82) is 0 Å². The van der Waals surface area contributed by atoms with Gasteiger partial charge in [-0.25, -0.2) is 26.3 Å². The van der Waals surface area contributed by atoms with Crippen LogP contribution in [0.25, 0.3) is 0 Å². The van der Waals surface area contributed by atoms with Crippen LogP contribution in [0.2, 0.25) is 0 Å². The van der Waals surface area contributed by atoms with E-state index >= 15 is 0 Å². The summed E-state index contributed by atoms with van der Waals surface area (Å²) < 4.78 is 78.8. The van der Waals surface area contributed by atoms with E-state index in [1.54, 1.807) is 62.4 Å². The van der Waals surface area contributed by atoms with Gasteiger partial charge in [0.1, 0.15) is 23.3 Å². The van der Waals surface area contributed by atoms with Crippen LogP contribution >= 0.6 is 95.6 Å². The van der Waals surface area contributed by atoms with Crippen LogP contribution in [0.3, 0.4) is 0 Å². The topological polar surface area (TPSA) is 40.5 Å². The van der Waals surface area contributed by atoms with E-state index in [4.69, 9.17) is 10.0 Å². The third-order valence-electron chi connectivity index (χ3n) is 5.75. The monoisotopic (exact) mass is 1130 g/mol. The minimum atomic E-state index is -1.76. The Morgan fingerprint density at radius 2 is 0.782 bits per heavy atom. The minimum absolute atomic E-state index is 0. The third-order valence-corrected chi connectivity index (χ3v) is 8.75. The quantitative estimate of drug-likeness (QED) is 0.102. The third kappa shape index (κ3) is 26.6. The molecule has 0 aliphatic carbocycles. The smallest absolute Gasteiger partial charge is 0.423 e. The average molecular weight is 1130 g/mol. The van der Waals surface area contributed by atoms with Crippen molar-refractivity contribution in [2.24, 2.45) is 0 Å². The molecule has 0 atom stereocenters. The summed E-state index contributed by atoms with van der Waals surface area (Å²) in [6.45, 7) is 3.47. The van der Waals surface area contributed by atoms with Crippen molar-refractivity contribution in [2.45, 2.75) is 13.8 Å². The summed E-state index contributed by atoms with van der Waals surface area (Å²) in [7, 11) is -1.76. The molecule has 6 aromatic rings. The van der Waals surface area contributed by atoms with Gasteiger partial charge < -0.3 is 10.0 Å². The summed E-state index contributed by atoms with van der Waals surface area (Å²) in [6.07, 6.45) is 0. The Balaban J connectivity index is -0.000000598. The van der Waals surface area contributed by atoms with Crippen LogP contribution in [-0.2, 0) is 0 Å². The van der Waals surface area contributed by atoms with Crippen LogP contribution in [0, 0.1) is 60.9 Å². The molecule has 0 saturated carbocycles. The Hall–Kier alpha value is -1.04. The largest absolute Gasteiger partial charge is 1.00 e. The molecule has 0 aromatic heterocycles. The molecule has 0 radical (unpaired) electrons. The molecule has 6 aromatic carbocycles. The minimum Gasteiger partial charge on any atom is -0.423 e. The molecular formula is C38H28BBr6F6Li2O2+. The van der Waals surface area contributed by atoms with Crippen molar-refractivity contribution in [3.8, 4) is 0 Å². The standard InChI is InChI=1S/2C7H6BrF.C6H5BBrFO2.C6H4BrF.2C6H3BrF.2Li/c2*1-5-4-6(8)2-3-7(5)9;8-4-1-2-6(9)5(3-4)7(10)11;3*7-5-1-3-6(8)4-2-5;;/h2*2-4H,1H3;1-3,10-11H;1-4H;2*1-3H;;/q;;;;2*-1;2*+1/p+1. The van der Waals surface area contributed by atoms with E-state index in [9.17, 15) is 26.3 Å². The van der Waals surface area contributed by atoms with Crippen LogP contribution in [0.4, 0.5) is 26.3 Å². The summed E-state index contributed by atoms with van der Waals surface area (Å²) in [5, 5.41) is 17.2. The Morgan fingerprint density at radius 3 is 1.04 bits per heavy atom. The van der Waals surface area contributed by atoms with E-state index in [0.717, 1.165) is 22.4 Å². The molecule has 0 bridgehead atoms. The van der Waals surface area contributed by atoms with Gasteiger partial charge >= 0.3 is 46.3 Å². The summed E-state index contributed by atoms with van der Waals surface area (Å²) in [4.78, 5) is 0. The predicted octanol–water partition coefficient (Wildman–Crippen LogP) is 7.55. The number of rotatable bonds is 1. The van der Waals surface area contributed by atoms with Gasteiger partial charge in [0.05, 0.1) is 0 Å². The molecule has 2 N–H and O–H groups in total. The first kappa shape index (κ1) is 56.1. The number of hydrogen-bond acceptors (Lipinski definition) is 2. The van der Waals surface area contributed by atoms with Crippen molar-refractivity contribution < 1.29 is 75.5 Å². The average Bonchev–Trinajstić information content (AvgIpc) is 3.11. The van der Waals surface area contributed by atoms with Crippen molar-refractivity contribution in [2.75, 3.05) is 0 Å². The fourth-order valence-corrected chi connectivity index (χ4v) is 5.22. The fraction of sp³-hybridized carbons (Fsp3) is 0.0526. The zero-order valence-electron chi connectivity index (χ0n) is 30.5. The van der Waals surface area contributed by atoms with Crippen LogP contribution < -0.4 is 43.2 Å². The summed E-state index contributed by atoms with van der Waals surface area (Å²) in [6, 6.07) is 33.7. The van der Waals surface area contributed by atoms with Crippen LogP contribution in [0.15, 0.2) is 142 Å². The summed E-state index contributed by atoms with van der Waals surface area (Å²) >= 11 is 19.0. The number of halogens is 12. The second-order valence-corrected chi connectivity index (χ2v) is 15.5. The fourth-order valence-electron chi connectivity index (χ4n) is 3.13. The molecule has 2 nitrogen and oxygen atoms in total. The molecule has 0 aliphatic rings. The van der Waals surface area contributed by atoms with Gasteiger partial charge in [-0.1, -0.05) is 72.7 Å². The Labute approximate surface area is 393 Å². The molecule has 55 heavy (non-hydrogen) atoms. The van der Waals surface area contributed by atoms with E-state index in [2.05, 4.69) is 108 Å². The van der Waals surface area contributed by atoms with Gasteiger partial charge in [0.25, 0.3) is 0 Å². The van der Waals surface area contributed by atoms with Gasteiger partial charge in [0.15, 0.2) is 0 Å². The van der Waals surface area contributed by atoms with E-state index in [1.165, 1.54) is 66.7 Å². The van der Waals surface area contributed by atoms with Crippen molar-refractivity contribution in [1.82, 2.24) is 0 Å². The number of aryl methyl sites for hydroxylation is 2. The normalized spacial score (nSPS) is 9.16.